The molecule has 3 aromatic rings. The average molecular weight is 356 g/mol. The van der Waals surface area contributed by atoms with Gasteiger partial charge in [-0.05, 0) is 41.8 Å². The average Bonchev–Trinajstić information content (AvgIpc) is 3.12. The molecule has 0 saturated carbocycles. The van der Waals surface area contributed by atoms with Gasteiger partial charge in [-0.1, -0.05) is 12.1 Å². The first-order valence-electron chi connectivity index (χ1n) is 7.51. The van der Waals surface area contributed by atoms with Gasteiger partial charge in [0.25, 0.3) is 5.91 Å². The van der Waals surface area contributed by atoms with Crippen molar-refractivity contribution in [1.82, 2.24) is 4.98 Å². The SMILES string of the molecule is O=C(/C=C/c1ccccn1)N(Cc1cccs1)c1ccc(F)cc1F. The molecular formula is C19H14F2N2OS. The van der Waals surface area contributed by atoms with E-state index in [1.54, 1.807) is 30.5 Å². The quantitative estimate of drug-likeness (QED) is 0.623. The molecule has 6 heteroatoms. The number of aromatic nitrogens is 1. The molecule has 25 heavy (non-hydrogen) atoms. The van der Waals surface area contributed by atoms with E-state index in [0.717, 1.165) is 17.0 Å². The van der Waals surface area contributed by atoms with Gasteiger partial charge in [0.1, 0.15) is 11.6 Å². The second-order valence-corrected chi connectivity index (χ2v) is 6.22. The van der Waals surface area contributed by atoms with E-state index in [1.807, 2.05) is 17.5 Å². The lowest BCUT2D eigenvalue weighted by Crippen LogP contribution is -2.29. The summed E-state index contributed by atoms with van der Waals surface area (Å²) in [5.74, 6) is -1.88. The van der Waals surface area contributed by atoms with Crippen molar-refractivity contribution in [3.8, 4) is 0 Å². The molecular weight excluding hydrogens is 342 g/mol. The maximum absolute atomic E-state index is 14.2. The first kappa shape index (κ1) is 17.0. The minimum absolute atomic E-state index is 0.0328. The highest BCUT2D eigenvalue weighted by atomic mass is 32.1. The molecule has 3 rings (SSSR count). The predicted molar refractivity (Wildman–Crippen MR) is 95.1 cm³/mol. The zero-order chi connectivity index (χ0) is 17.6. The van der Waals surface area contributed by atoms with E-state index in [9.17, 15) is 13.6 Å². The van der Waals surface area contributed by atoms with E-state index >= 15 is 0 Å². The lowest BCUT2D eigenvalue weighted by atomic mass is 10.2. The van der Waals surface area contributed by atoms with Gasteiger partial charge in [0.2, 0.25) is 0 Å². The maximum atomic E-state index is 14.2. The van der Waals surface area contributed by atoms with Crippen molar-refractivity contribution >= 4 is 29.0 Å². The minimum atomic E-state index is -0.781. The summed E-state index contributed by atoms with van der Waals surface area (Å²) >= 11 is 1.46. The summed E-state index contributed by atoms with van der Waals surface area (Å²) in [5, 5.41) is 1.88. The number of carbonyl (C=O) groups is 1. The molecule has 0 saturated heterocycles. The fourth-order valence-corrected chi connectivity index (χ4v) is 2.95. The molecule has 3 nitrogen and oxygen atoms in total. The molecule has 1 aromatic carbocycles. The van der Waals surface area contributed by atoms with Gasteiger partial charge in [0.15, 0.2) is 0 Å². The Kier molecular flexibility index (Phi) is 5.30. The van der Waals surface area contributed by atoms with E-state index < -0.39 is 17.5 Å². The Hall–Kier alpha value is -2.86. The number of anilines is 1. The van der Waals surface area contributed by atoms with Gasteiger partial charge in [0.05, 0.1) is 17.9 Å². The molecule has 0 aliphatic rings. The third-order valence-corrected chi connectivity index (χ3v) is 4.31. The van der Waals surface area contributed by atoms with Crippen LogP contribution in [0.4, 0.5) is 14.5 Å². The van der Waals surface area contributed by atoms with E-state index in [2.05, 4.69) is 4.98 Å². The number of thiophene rings is 1. The van der Waals surface area contributed by atoms with Crippen LogP contribution in [0.5, 0.6) is 0 Å². The molecule has 126 valence electrons. The lowest BCUT2D eigenvalue weighted by Gasteiger charge is -2.21. The van der Waals surface area contributed by atoms with E-state index in [0.29, 0.717) is 5.69 Å². The largest absolute Gasteiger partial charge is 0.301 e. The summed E-state index contributed by atoms with van der Waals surface area (Å²) in [7, 11) is 0. The lowest BCUT2D eigenvalue weighted by molar-refractivity contribution is -0.114. The molecule has 0 atom stereocenters. The van der Waals surface area contributed by atoms with Crippen LogP contribution in [0.25, 0.3) is 6.08 Å². The minimum Gasteiger partial charge on any atom is -0.301 e. The zero-order valence-corrected chi connectivity index (χ0v) is 13.9. The van der Waals surface area contributed by atoms with Gasteiger partial charge in [0, 0.05) is 23.2 Å². The second-order valence-electron chi connectivity index (χ2n) is 5.19. The number of hydrogen-bond acceptors (Lipinski definition) is 3. The van der Waals surface area contributed by atoms with Crippen LogP contribution >= 0.6 is 11.3 Å². The van der Waals surface area contributed by atoms with Gasteiger partial charge < -0.3 is 4.90 Å². The van der Waals surface area contributed by atoms with Crippen molar-refractivity contribution in [2.45, 2.75) is 6.54 Å². The number of pyridine rings is 1. The van der Waals surface area contributed by atoms with Crippen molar-refractivity contribution in [2.24, 2.45) is 0 Å². The van der Waals surface area contributed by atoms with Crippen molar-refractivity contribution in [3.63, 3.8) is 0 Å². The van der Waals surface area contributed by atoms with Crippen LogP contribution in [-0.4, -0.2) is 10.9 Å². The molecule has 0 aliphatic carbocycles. The molecule has 0 bridgehead atoms. The zero-order valence-electron chi connectivity index (χ0n) is 13.1. The van der Waals surface area contributed by atoms with E-state index in [4.69, 9.17) is 0 Å². The number of nitrogens with zero attached hydrogens (tertiary/aromatic N) is 2. The van der Waals surface area contributed by atoms with Crippen LogP contribution in [0, 0.1) is 11.6 Å². The summed E-state index contributed by atoms with van der Waals surface area (Å²) in [6, 6.07) is 12.2. The third kappa shape index (κ3) is 4.36. The van der Waals surface area contributed by atoms with Gasteiger partial charge >= 0.3 is 0 Å². The first-order chi connectivity index (χ1) is 12.1. The van der Waals surface area contributed by atoms with Crippen molar-refractivity contribution < 1.29 is 13.6 Å². The van der Waals surface area contributed by atoms with Crippen molar-refractivity contribution in [3.05, 3.63) is 88.4 Å². The highest BCUT2D eigenvalue weighted by Crippen LogP contribution is 2.24. The third-order valence-electron chi connectivity index (χ3n) is 3.45. The number of benzene rings is 1. The molecule has 2 heterocycles. The van der Waals surface area contributed by atoms with Crippen LogP contribution in [0.3, 0.4) is 0 Å². The number of hydrogen-bond donors (Lipinski definition) is 0. The first-order valence-corrected chi connectivity index (χ1v) is 8.39. The van der Waals surface area contributed by atoms with Crippen LogP contribution in [0.15, 0.2) is 66.2 Å². The second kappa shape index (κ2) is 7.81. The van der Waals surface area contributed by atoms with Gasteiger partial charge in [-0.15, -0.1) is 11.3 Å². The van der Waals surface area contributed by atoms with Crippen molar-refractivity contribution in [1.29, 1.82) is 0 Å². The van der Waals surface area contributed by atoms with Crippen molar-refractivity contribution in [2.75, 3.05) is 4.90 Å². The Morgan fingerprint density at radius 2 is 2.04 bits per heavy atom. The number of rotatable bonds is 5. The molecule has 0 radical (unpaired) electrons. The topological polar surface area (TPSA) is 33.2 Å². The fraction of sp³-hybridized carbons (Fsp3) is 0.0526. The van der Waals surface area contributed by atoms with Crippen LogP contribution in [-0.2, 0) is 11.3 Å². The van der Waals surface area contributed by atoms with Gasteiger partial charge in [-0.25, -0.2) is 8.78 Å². The molecule has 0 N–H and O–H groups in total. The maximum Gasteiger partial charge on any atom is 0.251 e. The van der Waals surface area contributed by atoms with Gasteiger partial charge in [-0.2, -0.15) is 0 Å². The predicted octanol–water partition coefficient (Wildman–Crippen LogP) is 4.67. The number of amides is 1. The molecule has 0 spiro atoms. The molecule has 0 fully saturated rings. The Morgan fingerprint density at radius 1 is 1.16 bits per heavy atom. The molecule has 0 unspecified atom stereocenters. The summed E-state index contributed by atoms with van der Waals surface area (Å²) in [6.45, 7) is 0.200. The number of halogens is 2. The normalized spacial score (nSPS) is 11.0. The van der Waals surface area contributed by atoms with Crippen LogP contribution < -0.4 is 4.90 Å². The fourth-order valence-electron chi connectivity index (χ4n) is 2.26. The highest BCUT2D eigenvalue weighted by Gasteiger charge is 2.18. The molecule has 0 aliphatic heterocycles. The smallest absolute Gasteiger partial charge is 0.251 e. The molecule has 1 amide bonds. The Balaban J connectivity index is 1.90. The Morgan fingerprint density at radius 3 is 2.72 bits per heavy atom. The Labute approximate surface area is 147 Å². The standard InChI is InChI=1S/C19H14F2N2OS/c20-14-6-8-18(17(21)12-14)23(13-16-5-3-11-25-16)19(24)9-7-15-4-1-2-10-22-15/h1-12H,13H2/b9-7+. The molecule has 2 aromatic heterocycles. The van der Waals surface area contributed by atoms with Gasteiger partial charge in [-0.3, -0.25) is 9.78 Å². The summed E-state index contributed by atoms with van der Waals surface area (Å²) < 4.78 is 27.4. The summed E-state index contributed by atoms with van der Waals surface area (Å²) in [6.07, 6.45) is 4.51. The highest BCUT2D eigenvalue weighted by molar-refractivity contribution is 7.09. The van der Waals surface area contributed by atoms with E-state index in [-0.39, 0.29) is 12.2 Å². The summed E-state index contributed by atoms with van der Waals surface area (Å²) in [5.41, 5.74) is 0.650. The Bertz CT molecular complexity index is 880. The number of carbonyl (C=O) groups excluding carboxylic acids is 1. The van der Waals surface area contributed by atoms with Crippen LogP contribution in [0.2, 0.25) is 0 Å². The van der Waals surface area contributed by atoms with E-state index in [1.165, 1.54) is 28.4 Å². The monoisotopic (exact) mass is 356 g/mol. The van der Waals surface area contributed by atoms with Crippen LogP contribution in [0.1, 0.15) is 10.6 Å². The summed E-state index contributed by atoms with van der Waals surface area (Å²) in [4.78, 5) is 18.9.